The van der Waals surface area contributed by atoms with Crippen molar-refractivity contribution in [1.29, 1.82) is 0 Å². The van der Waals surface area contributed by atoms with Gasteiger partial charge in [-0.05, 0) is 23.3 Å². The zero-order valence-corrected chi connectivity index (χ0v) is 22.2. The molecular formula is C29H32N4O7. The van der Waals surface area contributed by atoms with Gasteiger partial charge in [-0.25, -0.2) is 0 Å². The number of carbonyl (C=O) groups is 3. The number of rotatable bonds is 10. The highest BCUT2D eigenvalue weighted by Crippen LogP contribution is 2.37. The third kappa shape index (κ3) is 5.87. The maximum Gasteiger partial charge on any atom is 0.210 e. The van der Waals surface area contributed by atoms with Crippen LogP contribution in [0.25, 0.3) is 11.1 Å². The summed E-state index contributed by atoms with van der Waals surface area (Å²) in [6.07, 6.45) is 0.540. The fourth-order valence-corrected chi connectivity index (χ4v) is 5.29. The highest BCUT2D eigenvalue weighted by Gasteiger charge is 2.30. The predicted molar refractivity (Wildman–Crippen MR) is 146 cm³/mol. The summed E-state index contributed by atoms with van der Waals surface area (Å²) in [4.78, 5) is 43.9. The highest BCUT2D eigenvalue weighted by atomic mass is 16.5. The van der Waals surface area contributed by atoms with Gasteiger partial charge in [-0.15, -0.1) is 0 Å². The number of hydrogen-bond acceptors (Lipinski definition) is 11. The van der Waals surface area contributed by atoms with Crippen LogP contribution < -0.4 is 0 Å². The van der Waals surface area contributed by atoms with Crippen LogP contribution in [-0.2, 0) is 9.47 Å². The molecule has 0 atom stereocenters. The first-order valence-electron chi connectivity index (χ1n) is 13.4. The van der Waals surface area contributed by atoms with Gasteiger partial charge in [0, 0.05) is 74.4 Å². The number of carbonyl (C=O) groups excluding carboxylic acids is 3. The summed E-state index contributed by atoms with van der Waals surface area (Å²) >= 11 is 0. The molecule has 2 saturated heterocycles. The molecule has 0 unspecified atom stereocenters. The molecule has 11 nitrogen and oxygen atoms in total. The summed E-state index contributed by atoms with van der Waals surface area (Å²) in [5.74, 6) is -1.19. The van der Waals surface area contributed by atoms with Crippen LogP contribution in [0.2, 0.25) is 0 Å². The Balaban J connectivity index is 1.29. The Morgan fingerprint density at radius 1 is 0.675 bits per heavy atom. The lowest BCUT2D eigenvalue weighted by molar-refractivity contribution is 0.0390. The Morgan fingerprint density at radius 3 is 1.45 bits per heavy atom. The van der Waals surface area contributed by atoms with Crippen molar-refractivity contribution in [2.24, 2.45) is 10.3 Å². The molecule has 0 bridgehead atoms. The van der Waals surface area contributed by atoms with Crippen LogP contribution in [0.4, 0.5) is 0 Å². The third-order valence-corrected chi connectivity index (χ3v) is 7.65. The first-order valence-corrected chi connectivity index (χ1v) is 13.4. The molecular weight excluding hydrogens is 516 g/mol. The van der Waals surface area contributed by atoms with E-state index < -0.39 is 11.6 Å². The molecule has 0 saturated carbocycles. The first-order chi connectivity index (χ1) is 19.5. The van der Waals surface area contributed by atoms with E-state index in [2.05, 4.69) is 20.1 Å². The van der Waals surface area contributed by atoms with Crippen molar-refractivity contribution in [2.75, 3.05) is 65.7 Å². The van der Waals surface area contributed by atoms with E-state index in [1.54, 1.807) is 24.3 Å². The van der Waals surface area contributed by atoms with Gasteiger partial charge in [-0.1, -0.05) is 34.6 Å². The van der Waals surface area contributed by atoms with E-state index in [9.17, 15) is 24.8 Å². The molecule has 5 rings (SSSR count). The van der Waals surface area contributed by atoms with Gasteiger partial charge in [0.2, 0.25) is 11.6 Å². The molecule has 0 amide bonds. The predicted octanol–water partition coefficient (Wildman–Crippen LogP) is 2.37. The fraction of sp³-hybridized carbons (Fsp3) is 0.414. The molecule has 2 aliphatic heterocycles. The van der Waals surface area contributed by atoms with E-state index in [0.717, 1.165) is 26.2 Å². The molecule has 2 heterocycles. The largest absolute Gasteiger partial charge is 0.411 e. The molecule has 2 fully saturated rings. The van der Waals surface area contributed by atoms with E-state index in [4.69, 9.17) is 9.47 Å². The topological polar surface area (TPSA) is 141 Å². The van der Waals surface area contributed by atoms with Crippen molar-refractivity contribution in [1.82, 2.24) is 9.80 Å². The minimum Gasteiger partial charge on any atom is -0.411 e. The molecule has 210 valence electrons. The van der Waals surface area contributed by atoms with E-state index in [1.807, 2.05) is 0 Å². The molecule has 3 aliphatic rings. The number of benzene rings is 2. The maximum absolute atomic E-state index is 13.4. The summed E-state index contributed by atoms with van der Waals surface area (Å²) in [5.41, 5.74) is 2.57. The van der Waals surface area contributed by atoms with E-state index in [0.29, 0.717) is 61.8 Å². The Kier molecular flexibility index (Phi) is 8.75. The number of nitrogens with zero attached hydrogens (tertiary/aromatic N) is 4. The van der Waals surface area contributed by atoms with Crippen molar-refractivity contribution in [3.8, 4) is 11.1 Å². The Bertz CT molecular complexity index is 1260. The van der Waals surface area contributed by atoms with Crippen LogP contribution in [0, 0.1) is 0 Å². The molecule has 0 spiro atoms. The van der Waals surface area contributed by atoms with Crippen LogP contribution in [-0.4, -0.2) is 115 Å². The second-order valence-electron chi connectivity index (χ2n) is 10.0. The Morgan fingerprint density at radius 2 is 1.07 bits per heavy atom. The second-order valence-corrected chi connectivity index (χ2v) is 10.0. The van der Waals surface area contributed by atoms with Gasteiger partial charge in [-0.2, -0.15) is 0 Å². The molecule has 11 heteroatoms. The van der Waals surface area contributed by atoms with Crippen LogP contribution in [0.1, 0.15) is 49.5 Å². The fourth-order valence-electron chi connectivity index (χ4n) is 5.29. The smallest absolute Gasteiger partial charge is 0.210 e. The van der Waals surface area contributed by atoms with Gasteiger partial charge >= 0.3 is 0 Å². The summed E-state index contributed by atoms with van der Waals surface area (Å²) < 4.78 is 10.7. The van der Waals surface area contributed by atoms with Crippen LogP contribution in [0.15, 0.2) is 46.7 Å². The van der Waals surface area contributed by atoms with Gasteiger partial charge < -0.3 is 19.9 Å². The molecule has 0 aromatic heterocycles. The molecule has 2 aromatic rings. The minimum atomic E-state index is -0.442. The van der Waals surface area contributed by atoms with Crippen molar-refractivity contribution >= 4 is 28.8 Å². The highest BCUT2D eigenvalue weighted by molar-refractivity contribution is 6.47. The van der Waals surface area contributed by atoms with Gasteiger partial charge in [0.25, 0.3) is 0 Å². The number of morpholine rings is 2. The zero-order valence-electron chi connectivity index (χ0n) is 22.2. The summed E-state index contributed by atoms with van der Waals surface area (Å²) in [6.45, 7) is 6.64. The third-order valence-electron chi connectivity index (χ3n) is 7.65. The monoisotopic (exact) mass is 548 g/mol. The number of Topliss-reactive ketones (excluding diaryl/α,β-unsaturated/α-hetero) is 2. The van der Waals surface area contributed by atoms with E-state index in [1.165, 1.54) is 12.1 Å². The average Bonchev–Trinajstić information content (AvgIpc) is 3.29. The first kappa shape index (κ1) is 27.8. The normalized spacial score (nSPS) is 18.4. The quantitative estimate of drug-likeness (QED) is 0.169. The van der Waals surface area contributed by atoms with Gasteiger partial charge in [0.05, 0.1) is 26.4 Å². The van der Waals surface area contributed by atoms with Crippen molar-refractivity contribution in [2.45, 2.75) is 12.8 Å². The second kappa shape index (κ2) is 12.6. The lowest BCUT2D eigenvalue weighted by Crippen LogP contribution is -2.38. The Hall–Kier alpha value is -3.77. The molecule has 1 aliphatic carbocycles. The Labute approximate surface area is 231 Å². The zero-order chi connectivity index (χ0) is 28.1. The molecule has 40 heavy (non-hydrogen) atoms. The van der Waals surface area contributed by atoms with E-state index in [-0.39, 0.29) is 41.2 Å². The molecule has 2 N–H and O–H groups in total. The lowest BCUT2D eigenvalue weighted by atomic mass is 9.97. The number of ether oxygens (including phenoxy) is 2. The summed E-state index contributed by atoms with van der Waals surface area (Å²) in [5, 5.41) is 25.5. The van der Waals surface area contributed by atoms with Crippen LogP contribution >= 0.6 is 0 Å². The maximum atomic E-state index is 13.4. The van der Waals surface area contributed by atoms with Crippen molar-refractivity contribution in [3.05, 3.63) is 58.7 Å². The SMILES string of the molecule is O=C(C(CCN1CCOCC1)=NO)c1ccc2c(c1)C(=O)c1cc(C(=O)C(CCN3CCOCC3)=NO)ccc1-2. The number of fused-ring (bicyclic) bond motifs is 3. The van der Waals surface area contributed by atoms with Crippen molar-refractivity contribution < 1.29 is 34.3 Å². The van der Waals surface area contributed by atoms with Gasteiger partial charge in [0.15, 0.2) is 5.78 Å². The molecule has 0 radical (unpaired) electrons. The summed E-state index contributed by atoms with van der Waals surface area (Å²) in [6, 6.07) is 9.67. The average molecular weight is 549 g/mol. The van der Waals surface area contributed by atoms with Gasteiger partial charge in [-0.3, -0.25) is 24.2 Å². The van der Waals surface area contributed by atoms with Crippen LogP contribution in [0.5, 0.6) is 0 Å². The minimum absolute atomic E-state index is 0.0233. The number of oxime groups is 2. The van der Waals surface area contributed by atoms with Crippen LogP contribution in [0.3, 0.4) is 0 Å². The lowest BCUT2D eigenvalue weighted by Gasteiger charge is -2.26. The van der Waals surface area contributed by atoms with E-state index >= 15 is 0 Å². The number of hydrogen-bond donors (Lipinski definition) is 2. The van der Waals surface area contributed by atoms with Gasteiger partial charge in [0.1, 0.15) is 11.4 Å². The molecule has 2 aromatic carbocycles. The number of ketones is 3. The van der Waals surface area contributed by atoms with Crippen molar-refractivity contribution in [3.63, 3.8) is 0 Å². The summed E-state index contributed by atoms with van der Waals surface area (Å²) in [7, 11) is 0. The standard InChI is InChI=1S/C29H32N4O7/c34-27(25(30-37)5-7-32-9-13-39-14-10-32)19-1-3-21-22-4-2-20(18-24(22)29(36)23(21)17-19)28(35)26(31-38)6-8-33-11-15-40-16-12-33/h1-4,17-18,37-38H,5-16H2.